The predicted octanol–water partition coefficient (Wildman–Crippen LogP) is 0.831. The van der Waals surface area contributed by atoms with E-state index in [0.717, 1.165) is 25.1 Å². The molecule has 6 nitrogen and oxygen atoms in total. The molecule has 2 heterocycles. The van der Waals surface area contributed by atoms with Crippen molar-refractivity contribution in [2.24, 2.45) is 5.73 Å². The first-order valence-electron chi connectivity index (χ1n) is 6.75. The molecule has 0 aliphatic carbocycles. The van der Waals surface area contributed by atoms with Crippen LogP contribution in [0.1, 0.15) is 23.2 Å². The molecule has 1 aromatic heterocycles. The molecule has 0 radical (unpaired) electrons. The zero-order chi connectivity index (χ0) is 13.9. The van der Waals surface area contributed by atoms with Crippen LogP contribution in [-0.2, 0) is 0 Å². The Kier molecular flexibility index (Phi) is 3.47. The van der Waals surface area contributed by atoms with Crippen LogP contribution in [0, 0.1) is 0 Å². The lowest BCUT2D eigenvalue weighted by Gasteiger charge is -2.23. The molecule has 20 heavy (non-hydrogen) atoms. The van der Waals surface area contributed by atoms with Crippen molar-refractivity contribution < 1.29 is 4.79 Å². The first-order chi connectivity index (χ1) is 9.79. The second-order valence-corrected chi connectivity index (χ2v) is 4.95. The summed E-state index contributed by atoms with van der Waals surface area (Å²) in [5, 5.41) is 7.53. The summed E-state index contributed by atoms with van der Waals surface area (Å²) >= 11 is 0. The highest BCUT2D eigenvalue weighted by Crippen LogP contribution is 2.20. The first-order valence-corrected chi connectivity index (χ1v) is 6.75. The summed E-state index contributed by atoms with van der Waals surface area (Å²) < 4.78 is 1.80. The summed E-state index contributed by atoms with van der Waals surface area (Å²) in [5.74, 6) is 0.0632. The van der Waals surface area contributed by atoms with Gasteiger partial charge in [-0.25, -0.2) is 0 Å². The van der Waals surface area contributed by atoms with E-state index in [1.807, 2.05) is 29.2 Å². The number of hydrogen-bond donors (Lipinski definition) is 1. The maximum atomic E-state index is 12.5. The Morgan fingerprint density at radius 1 is 1.25 bits per heavy atom. The van der Waals surface area contributed by atoms with E-state index >= 15 is 0 Å². The normalized spacial score (nSPS) is 18.4. The average molecular weight is 271 g/mol. The maximum absolute atomic E-state index is 12.5. The van der Waals surface area contributed by atoms with Crippen LogP contribution in [0.25, 0.3) is 5.69 Å². The van der Waals surface area contributed by atoms with Crippen LogP contribution in [0.2, 0.25) is 0 Å². The third-order valence-electron chi connectivity index (χ3n) is 3.74. The van der Waals surface area contributed by atoms with Crippen LogP contribution < -0.4 is 5.73 Å². The summed E-state index contributed by atoms with van der Waals surface area (Å²) in [4.78, 5) is 14.3. The second kappa shape index (κ2) is 5.42. The largest absolute Gasteiger partial charge is 0.334 e. The zero-order valence-corrected chi connectivity index (χ0v) is 11.1. The Bertz CT molecular complexity index is 578. The molecule has 1 fully saturated rings. The van der Waals surface area contributed by atoms with Crippen LogP contribution in [0.4, 0.5) is 0 Å². The Balaban J connectivity index is 1.79. The fourth-order valence-corrected chi connectivity index (χ4v) is 2.62. The first kappa shape index (κ1) is 12.8. The molecule has 2 aromatic rings. The number of rotatable bonds is 3. The molecule has 0 spiro atoms. The summed E-state index contributed by atoms with van der Waals surface area (Å²) in [6.07, 6.45) is 5.29. The van der Waals surface area contributed by atoms with Crippen molar-refractivity contribution in [2.45, 2.75) is 18.9 Å². The van der Waals surface area contributed by atoms with E-state index < -0.39 is 0 Å². The van der Waals surface area contributed by atoms with Crippen molar-refractivity contribution in [3.8, 4) is 5.69 Å². The van der Waals surface area contributed by atoms with E-state index in [9.17, 15) is 4.79 Å². The Morgan fingerprint density at radius 3 is 2.60 bits per heavy atom. The molecule has 3 rings (SSSR count). The van der Waals surface area contributed by atoms with Gasteiger partial charge in [0.15, 0.2) is 0 Å². The van der Waals surface area contributed by atoms with Gasteiger partial charge in [0.25, 0.3) is 5.91 Å². The van der Waals surface area contributed by atoms with Crippen molar-refractivity contribution in [3.05, 3.63) is 42.5 Å². The van der Waals surface area contributed by atoms with Gasteiger partial charge < -0.3 is 10.6 Å². The molecule has 6 heteroatoms. The van der Waals surface area contributed by atoms with Gasteiger partial charge in [0.05, 0.1) is 0 Å². The van der Waals surface area contributed by atoms with Crippen molar-refractivity contribution in [2.75, 3.05) is 13.1 Å². The molecule has 2 N–H and O–H groups in total. The van der Waals surface area contributed by atoms with E-state index in [-0.39, 0.29) is 11.9 Å². The van der Waals surface area contributed by atoms with Crippen molar-refractivity contribution in [1.29, 1.82) is 0 Å². The molecular formula is C14H17N5O. The summed E-state index contributed by atoms with van der Waals surface area (Å²) in [6.45, 7) is 1.33. The number of hydrogen-bond acceptors (Lipinski definition) is 4. The SMILES string of the molecule is NCC1CCCN1C(=O)c1ccc(-n2cnnc2)cc1. The highest BCUT2D eigenvalue weighted by Gasteiger charge is 2.28. The standard InChI is InChI=1S/C14H17N5O/c15-8-13-2-1-7-19(13)14(20)11-3-5-12(6-4-11)18-9-16-17-10-18/h3-6,9-10,13H,1-2,7-8,15H2. The molecule has 1 amide bonds. The van der Waals surface area contributed by atoms with Crippen LogP contribution in [-0.4, -0.2) is 44.7 Å². The smallest absolute Gasteiger partial charge is 0.254 e. The van der Waals surface area contributed by atoms with Gasteiger partial charge in [0, 0.05) is 30.4 Å². The molecule has 1 aromatic carbocycles. The Hall–Kier alpha value is -2.21. The molecule has 1 unspecified atom stereocenters. The third kappa shape index (κ3) is 2.30. The van der Waals surface area contributed by atoms with Gasteiger partial charge in [-0.3, -0.25) is 9.36 Å². The molecular weight excluding hydrogens is 254 g/mol. The Morgan fingerprint density at radius 2 is 1.95 bits per heavy atom. The highest BCUT2D eigenvalue weighted by atomic mass is 16.2. The molecule has 0 bridgehead atoms. The number of benzene rings is 1. The zero-order valence-electron chi connectivity index (χ0n) is 11.1. The van der Waals surface area contributed by atoms with E-state index in [1.165, 1.54) is 0 Å². The van der Waals surface area contributed by atoms with Crippen LogP contribution in [0.15, 0.2) is 36.9 Å². The number of aromatic nitrogens is 3. The van der Waals surface area contributed by atoms with Crippen molar-refractivity contribution >= 4 is 5.91 Å². The lowest BCUT2D eigenvalue weighted by atomic mass is 10.1. The summed E-state index contributed by atoms with van der Waals surface area (Å²) in [7, 11) is 0. The fourth-order valence-electron chi connectivity index (χ4n) is 2.62. The molecule has 0 saturated carbocycles. The minimum atomic E-state index is 0.0632. The summed E-state index contributed by atoms with van der Waals surface area (Å²) in [6, 6.07) is 7.64. The van der Waals surface area contributed by atoms with Gasteiger partial charge in [0.1, 0.15) is 12.7 Å². The van der Waals surface area contributed by atoms with E-state index in [2.05, 4.69) is 10.2 Å². The van der Waals surface area contributed by atoms with E-state index in [0.29, 0.717) is 12.1 Å². The van der Waals surface area contributed by atoms with Crippen molar-refractivity contribution in [3.63, 3.8) is 0 Å². The van der Waals surface area contributed by atoms with Crippen LogP contribution in [0.3, 0.4) is 0 Å². The number of amides is 1. The molecule has 1 atom stereocenters. The second-order valence-electron chi connectivity index (χ2n) is 4.95. The lowest BCUT2D eigenvalue weighted by molar-refractivity contribution is 0.0741. The molecule has 104 valence electrons. The number of nitrogens with two attached hydrogens (primary N) is 1. The molecule has 1 saturated heterocycles. The fraction of sp³-hybridized carbons (Fsp3) is 0.357. The summed E-state index contributed by atoms with van der Waals surface area (Å²) in [5.41, 5.74) is 7.35. The third-order valence-corrected chi connectivity index (χ3v) is 3.74. The highest BCUT2D eigenvalue weighted by molar-refractivity contribution is 5.94. The monoisotopic (exact) mass is 271 g/mol. The van der Waals surface area contributed by atoms with E-state index in [1.54, 1.807) is 17.2 Å². The minimum Gasteiger partial charge on any atom is -0.334 e. The lowest BCUT2D eigenvalue weighted by Crippen LogP contribution is -2.39. The average Bonchev–Trinajstić information content (AvgIpc) is 3.17. The van der Waals surface area contributed by atoms with Crippen LogP contribution >= 0.6 is 0 Å². The maximum Gasteiger partial charge on any atom is 0.254 e. The predicted molar refractivity (Wildman–Crippen MR) is 74.5 cm³/mol. The van der Waals surface area contributed by atoms with E-state index in [4.69, 9.17) is 5.73 Å². The van der Waals surface area contributed by atoms with Gasteiger partial charge in [-0.2, -0.15) is 0 Å². The topological polar surface area (TPSA) is 77.0 Å². The number of likely N-dealkylation sites (tertiary alicyclic amines) is 1. The van der Waals surface area contributed by atoms with Gasteiger partial charge in [-0.15, -0.1) is 10.2 Å². The number of nitrogens with zero attached hydrogens (tertiary/aromatic N) is 4. The van der Waals surface area contributed by atoms with Gasteiger partial charge >= 0.3 is 0 Å². The molecule has 1 aliphatic rings. The quantitative estimate of drug-likeness (QED) is 0.897. The Labute approximate surface area is 117 Å². The van der Waals surface area contributed by atoms with Crippen molar-refractivity contribution in [1.82, 2.24) is 19.7 Å². The number of carbonyl (C=O) groups excluding carboxylic acids is 1. The minimum absolute atomic E-state index is 0.0632. The van der Waals surface area contributed by atoms with Gasteiger partial charge in [0.2, 0.25) is 0 Å². The van der Waals surface area contributed by atoms with Crippen LogP contribution in [0.5, 0.6) is 0 Å². The molecule has 1 aliphatic heterocycles. The van der Waals surface area contributed by atoms with Gasteiger partial charge in [-0.05, 0) is 37.1 Å². The number of carbonyl (C=O) groups is 1. The van der Waals surface area contributed by atoms with Gasteiger partial charge in [-0.1, -0.05) is 0 Å².